The molecule has 4 nitrogen and oxygen atoms in total. The molecule has 0 bridgehead atoms. The van der Waals surface area contributed by atoms with Gasteiger partial charge in [0, 0.05) is 25.0 Å². The zero-order chi connectivity index (χ0) is 13.6. The van der Waals surface area contributed by atoms with Crippen LogP contribution in [0, 0.1) is 0 Å². The first-order chi connectivity index (χ1) is 9.03. The Bertz CT molecular complexity index is 616. The van der Waals surface area contributed by atoms with Crippen LogP contribution >= 0.6 is 0 Å². The number of aromatic nitrogens is 2. The number of carbonyl (C=O) groups excluding carboxylic acids is 1. The highest BCUT2D eigenvalue weighted by atomic mass is 16.2. The quantitative estimate of drug-likeness (QED) is 0.784. The van der Waals surface area contributed by atoms with E-state index in [4.69, 9.17) is 0 Å². The van der Waals surface area contributed by atoms with Gasteiger partial charge in [0.15, 0.2) is 0 Å². The van der Waals surface area contributed by atoms with Gasteiger partial charge < -0.3 is 9.47 Å². The van der Waals surface area contributed by atoms with Crippen molar-refractivity contribution in [2.45, 2.75) is 25.4 Å². The lowest BCUT2D eigenvalue weighted by molar-refractivity contribution is 0.0490. The van der Waals surface area contributed by atoms with Gasteiger partial charge in [-0.3, -0.25) is 4.79 Å². The third-order valence-electron chi connectivity index (χ3n) is 4.15. The maximum absolute atomic E-state index is 12.4. The number of carbonyl (C=O) groups is 1. The second-order valence-electron chi connectivity index (χ2n) is 5.52. The standard InChI is InChI=1S/C15H17N3O/c1-15(2)13(18-9-8-16-10-18)11-6-4-5-7-12(11)14(19)17(15)3/h4-10,13H,1-3H3/t13-/m0/s1. The Kier molecular flexibility index (Phi) is 2.49. The Hall–Kier alpha value is -2.10. The molecule has 1 aliphatic heterocycles. The summed E-state index contributed by atoms with van der Waals surface area (Å²) in [6, 6.07) is 7.90. The summed E-state index contributed by atoms with van der Waals surface area (Å²) < 4.78 is 2.07. The fraction of sp³-hybridized carbons (Fsp3) is 0.333. The molecular formula is C15H17N3O. The molecule has 1 aromatic heterocycles. The Balaban J connectivity index is 2.26. The van der Waals surface area contributed by atoms with Gasteiger partial charge in [-0.2, -0.15) is 0 Å². The number of amides is 1. The number of likely N-dealkylation sites (N-methyl/N-ethyl adjacent to an activating group) is 1. The van der Waals surface area contributed by atoms with Crippen LogP contribution < -0.4 is 0 Å². The molecule has 19 heavy (non-hydrogen) atoms. The van der Waals surface area contributed by atoms with Crippen LogP contribution in [-0.4, -0.2) is 32.9 Å². The van der Waals surface area contributed by atoms with Crippen LogP contribution in [-0.2, 0) is 0 Å². The van der Waals surface area contributed by atoms with Gasteiger partial charge in [-0.05, 0) is 25.5 Å². The molecule has 98 valence electrons. The summed E-state index contributed by atoms with van der Waals surface area (Å²) in [7, 11) is 1.86. The first kappa shape index (κ1) is 12.0. The first-order valence-electron chi connectivity index (χ1n) is 6.38. The highest BCUT2D eigenvalue weighted by Gasteiger charge is 2.44. The largest absolute Gasteiger partial charge is 0.334 e. The summed E-state index contributed by atoms with van der Waals surface area (Å²) >= 11 is 0. The van der Waals surface area contributed by atoms with Gasteiger partial charge in [0.25, 0.3) is 5.91 Å². The van der Waals surface area contributed by atoms with E-state index in [2.05, 4.69) is 23.4 Å². The smallest absolute Gasteiger partial charge is 0.254 e. The molecule has 1 aromatic carbocycles. The molecule has 4 heteroatoms. The molecule has 0 radical (unpaired) electrons. The van der Waals surface area contributed by atoms with Crippen LogP contribution in [0.15, 0.2) is 43.0 Å². The van der Waals surface area contributed by atoms with Crippen LogP contribution in [0.4, 0.5) is 0 Å². The van der Waals surface area contributed by atoms with E-state index in [0.717, 1.165) is 11.1 Å². The summed E-state index contributed by atoms with van der Waals surface area (Å²) in [6.07, 6.45) is 5.54. The maximum atomic E-state index is 12.4. The van der Waals surface area contributed by atoms with E-state index >= 15 is 0 Å². The Labute approximate surface area is 112 Å². The molecule has 1 amide bonds. The molecule has 0 saturated carbocycles. The summed E-state index contributed by atoms with van der Waals surface area (Å²) in [4.78, 5) is 18.4. The fourth-order valence-electron chi connectivity index (χ4n) is 2.88. The Morgan fingerprint density at radius 1 is 1.26 bits per heavy atom. The number of fused-ring (bicyclic) bond motifs is 1. The monoisotopic (exact) mass is 255 g/mol. The van der Waals surface area contributed by atoms with Crippen molar-refractivity contribution < 1.29 is 4.79 Å². The number of hydrogen-bond donors (Lipinski definition) is 0. The third-order valence-corrected chi connectivity index (χ3v) is 4.15. The van der Waals surface area contributed by atoms with Crippen molar-refractivity contribution >= 4 is 5.91 Å². The lowest BCUT2D eigenvalue weighted by atomic mass is 9.80. The summed E-state index contributed by atoms with van der Waals surface area (Å²) in [5.74, 6) is 0.0805. The van der Waals surface area contributed by atoms with Gasteiger partial charge in [0.05, 0.1) is 17.9 Å². The number of hydrogen-bond acceptors (Lipinski definition) is 2. The highest BCUT2D eigenvalue weighted by Crippen LogP contribution is 2.40. The molecule has 0 unspecified atom stereocenters. The van der Waals surface area contributed by atoms with Crippen LogP contribution in [0.5, 0.6) is 0 Å². The number of benzene rings is 1. The van der Waals surface area contributed by atoms with Crippen LogP contribution in [0.2, 0.25) is 0 Å². The van der Waals surface area contributed by atoms with Crippen LogP contribution in [0.3, 0.4) is 0 Å². The maximum Gasteiger partial charge on any atom is 0.254 e. The van der Waals surface area contributed by atoms with Crippen LogP contribution in [0.25, 0.3) is 0 Å². The first-order valence-corrected chi connectivity index (χ1v) is 6.38. The van der Waals surface area contributed by atoms with Crippen molar-refractivity contribution in [1.82, 2.24) is 14.5 Å². The highest BCUT2D eigenvalue weighted by molar-refractivity contribution is 5.97. The number of imidazole rings is 1. The molecule has 0 saturated heterocycles. The molecule has 1 atom stereocenters. The van der Waals surface area contributed by atoms with Gasteiger partial charge in [-0.25, -0.2) is 4.98 Å². The summed E-state index contributed by atoms with van der Waals surface area (Å²) in [6.45, 7) is 4.18. The normalized spacial score (nSPS) is 21.3. The molecule has 0 aliphatic carbocycles. The molecule has 0 spiro atoms. The lowest BCUT2D eigenvalue weighted by Crippen LogP contribution is -2.54. The average Bonchev–Trinajstić information content (AvgIpc) is 2.90. The fourth-order valence-corrected chi connectivity index (χ4v) is 2.88. The van der Waals surface area contributed by atoms with Gasteiger partial charge in [0.1, 0.15) is 0 Å². The van der Waals surface area contributed by atoms with Gasteiger partial charge in [-0.1, -0.05) is 18.2 Å². The van der Waals surface area contributed by atoms with Crippen molar-refractivity contribution in [3.63, 3.8) is 0 Å². The summed E-state index contributed by atoms with van der Waals surface area (Å²) in [5.41, 5.74) is 1.54. The molecule has 0 N–H and O–H groups in total. The SMILES string of the molecule is CN1C(=O)c2ccccc2[C@H](n2ccnc2)C1(C)C. The van der Waals surface area contributed by atoms with Crippen molar-refractivity contribution in [2.24, 2.45) is 0 Å². The molecule has 1 aliphatic rings. The third kappa shape index (κ3) is 1.59. The second kappa shape index (κ2) is 3.95. The van der Waals surface area contributed by atoms with E-state index in [9.17, 15) is 4.79 Å². The van der Waals surface area contributed by atoms with Gasteiger partial charge >= 0.3 is 0 Å². The number of nitrogens with zero attached hydrogens (tertiary/aromatic N) is 3. The minimum absolute atomic E-state index is 0.0777. The summed E-state index contributed by atoms with van der Waals surface area (Å²) in [5, 5.41) is 0. The van der Waals surface area contributed by atoms with E-state index in [0.29, 0.717) is 0 Å². The average molecular weight is 255 g/mol. The molecule has 0 fully saturated rings. The van der Waals surface area contributed by atoms with Crippen molar-refractivity contribution in [3.8, 4) is 0 Å². The van der Waals surface area contributed by atoms with E-state index in [-0.39, 0.29) is 17.5 Å². The molecular weight excluding hydrogens is 238 g/mol. The molecule has 2 aromatic rings. The van der Waals surface area contributed by atoms with E-state index in [1.165, 1.54) is 0 Å². The Morgan fingerprint density at radius 2 is 2.00 bits per heavy atom. The zero-order valence-corrected chi connectivity index (χ0v) is 11.4. The Morgan fingerprint density at radius 3 is 2.68 bits per heavy atom. The van der Waals surface area contributed by atoms with Crippen molar-refractivity contribution in [2.75, 3.05) is 7.05 Å². The lowest BCUT2D eigenvalue weighted by Gasteiger charge is -2.47. The topological polar surface area (TPSA) is 38.1 Å². The van der Waals surface area contributed by atoms with Crippen LogP contribution in [0.1, 0.15) is 35.8 Å². The van der Waals surface area contributed by atoms with Gasteiger partial charge in [-0.15, -0.1) is 0 Å². The van der Waals surface area contributed by atoms with Gasteiger partial charge in [0.2, 0.25) is 0 Å². The molecule has 2 heterocycles. The van der Waals surface area contributed by atoms with E-state index in [1.54, 1.807) is 6.20 Å². The minimum atomic E-state index is -0.299. The predicted molar refractivity (Wildman–Crippen MR) is 73.0 cm³/mol. The predicted octanol–water partition coefficient (Wildman–Crippen LogP) is 2.34. The molecule has 3 rings (SSSR count). The van der Waals surface area contributed by atoms with E-state index < -0.39 is 0 Å². The van der Waals surface area contributed by atoms with Crippen molar-refractivity contribution in [3.05, 3.63) is 54.1 Å². The van der Waals surface area contributed by atoms with E-state index in [1.807, 2.05) is 48.7 Å². The number of rotatable bonds is 1. The minimum Gasteiger partial charge on any atom is -0.334 e. The second-order valence-corrected chi connectivity index (χ2v) is 5.52. The zero-order valence-electron chi connectivity index (χ0n) is 11.4. The van der Waals surface area contributed by atoms with Crippen molar-refractivity contribution in [1.29, 1.82) is 0 Å².